The third-order valence-electron chi connectivity index (χ3n) is 2.70. The van der Waals surface area contributed by atoms with E-state index in [9.17, 15) is 10.2 Å². The molecular formula is C12H8O2S4Se2+. The van der Waals surface area contributed by atoms with Gasteiger partial charge in [-0.15, -0.1) is 0 Å². The standard InChI is InChI=1S/C12H7O2S4Se2/c13-5-3-7-8(4-6(5)14)18-9(17-7)12-19-10-11(20-12)16-2-1-15-10/h3-4H,1-2H2,(H-,13,14)/p+1. The van der Waals surface area contributed by atoms with Gasteiger partial charge < -0.3 is 0 Å². The molecule has 0 saturated carbocycles. The summed E-state index contributed by atoms with van der Waals surface area (Å²) in [6.45, 7) is 0. The number of hydrogen-bond donors (Lipinski definition) is 2. The molecular weight excluding hydrogens is 462 g/mol. The number of aromatic hydroxyl groups is 2. The van der Waals surface area contributed by atoms with Crippen LogP contribution in [0.3, 0.4) is 0 Å². The first-order chi connectivity index (χ1) is 9.70. The van der Waals surface area contributed by atoms with Crippen LogP contribution in [0.1, 0.15) is 3.31 Å². The van der Waals surface area contributed by atoms with Gasteiger partial charge in [0.05, 0.1) is 0 Å². The second-order valence-corrected chi connectivity index (χ2v) is 15.4. The van der Waals surface area contributed by atoms with Crippen LogP contribution in [0.5, 0.6) is 11.5 Å². The Kier molecular flexibility index (Phi) is 4.21. The molecule has 0 atom stereocenters. The van der Waals surface area contributed by atoms with Crippen LogP contribution in [-0.2, 0) is 0 Å². The van der Waals surface area contributed by atoms with Crippen LogP contribution in [0.2, 0.25) is 0 Å². The Labute approximate surface area is 145 Å². The molecule has 0 aliphatic carbocycles. The monoisotopic (exact) mass is 472 g/mol. The van der Waals surface area contributed by atoms with Gasteiger partial charge in [-0.3, -0.25) is 0 Å². The summed E-state index contributed by atoms with van der Waals surface area (Å²) < 4.78 is 6.32. The molecule has 2 aliphatic rings. The van der Waals surface area contributed by atoms with Gasteiger partial charge in [0.15, 0.2) is 0 Å². The van der Waals surface area contributed by atoms with Gasteiger partial charge in [0.1, 0.15) is 0 Å². The summed E-state index contributed by atoms with van der Waals surface area (Å²) in [5.74, 6) is 2.47. The molecule has 0 fully saturated rings. The third-order valence-corrected chi connectivity index (χ3v) is 17.2. The SMILES string of the molecule is Oc1cc2c(cc1O)S[C](c1[se]c3c([se+]1)SCCS3)S2. The van der Waals surface area contributed by atoms with E-state index in [1.165, 1.54) is 16.1 Å². The molecule has 0 spiro atoms. The fourth-order valence-corrected chi connectivity index (χ4v) is 17.4. The molecule has 8 heteroatoms. The first-order valence-electron chi connectivity index (χ1n) is 5.72. The van der Waals surface area contributed by atoms with Crippen LogP contribution in [0.4, 0.5) is 0 Å². The van der Waals surface area contributed by atoms with Crippen molar-refractivity contribution in [1.82, 2.24) is 0 Å². The predicted molar refractivity (Wildman–Crippen MR) is 90.0 cm³/mol. The van der Waals surface area contributed by atoms with E-state index in [0.29, 0.717) is 29.0 Å². The van der Waals surface area contributed by atoms with E-state index in [1.54, 1.807) is 46.5 Å². The fourth-order valence-electron chi connectivity index (χ4n) is 1.80. The molecule has 20 heavy (non-hydrogen) atoms. The van der Waals surface area contributed by atoms with E-state index in [2.05, 4.69) is 23.5 Å². The second kappa shape index (κ2) is 5.82. The number of rotatable bonds is 1. The van der Waals surface area contributed by atoms with Crippen molar-refractivity contribution >= 4 is 76.1 Å². The summed E-state index contributed by atoms with van der Waals surface area (Å²) in [6, 6.07) is 3.36. The first kappa shape index (κ1) is 14.5. The van der Waals surface area contributed by atoms with Crippen molar-refractivity contribution in [2.75, 3.05) is 11.5 Å². The molecule has 103 valence electrons. The molecule has 2 nitrogen and oxygen atoms in total. The summed E-state index contributed by atoms with van der Waals surface area (Å²) in [6.07, 6.45) is 0. The van der Waals surface area contributed by atoms with Gasteiger partial charge in [-0.25, -0.2) is 0 Å². The fraction of sp³-hybridized carbons (Fsp3) is 0.167. The molecule has 0 bridgehead atoms. The Morgan fingerprint density at radius 3 is 2.30 bits per heavy atom. The molecule has 2 aromatic rings. The normalized spacial score (nSPS) is 18.0. The maximum atomic E-state index is 9.61. The van der Waals surface area contributed by atoms with E-state index in [-0.39, 0.29) is 11.5 Å². The summed E-state index contributed by atoms with van der Waals surface area (Å²) in [4.78, 5) is 2.15. The minimum absolute atomic E-state index is 0.0194. The zero-order valence-corrected chi connectivity index (χ0v) is 16.6. The van der Waals surface area contributed by atoms with Gasteiger partial charge in [-0.05, 0) is 0 Å². The number of phenols is 2. The molecule has 0 saturated heterocycles. The average molecular weight is 470 g/mol. The molecule has 2 N–H and O–H groups in total. The summed E-state index contributed by atoms with van der Waals surface area (Å²) in [7, 11) is 0. The van der Waals surface area contributed by atoms with Crippen LogP contribution in [0.25, 0.3) is 0 Å². The zero-order chi connectivity index (χ0) is 13.7. The summed E-state index contributed by atoms with van der Waals surface area (Å²) in [5.41, 5.74) is 0. The Hall–Kier alpha value is 0.869. The van der Waals surface area contributed by atoms with Crippen molar-refractivity contribution in [3.63, 3.8) is 0 Å². The Bertz CT molecular complexity index is 634. The van der Waals surface area contributed by atoms with Crippen molar-refractivity contribution in [2.45, 2.75) is 17.3 Å². The van der Waals surface area contributed by atoms with Crippen LogP contribution in [0, 0.1) is 4.58 Å². The molecule has 1 aromatic heterocycles. The number of phenolic OH excluding ortho intramolecular Hbond substituents is 2. The van der Waals surface area contributed by atoms with Gasteiger partial charge >= 0.3 is 147 Å². The van der Waals surface area contributed by atoms with Crippen molar-refractivity contribution in [3.8, 4) is 11.5 Å². The Balaban J connectivity index is 1.64. The quantitative estimate of drug-likeness (QED) is 0.492. The number of benzene rings is 1. The predicted octanol–water partition coefficient (Wildman–Crippen LogP) is 3.43. The van der Waals surface area contributed by atoms with E-state index in [1.807, 2.05) is 0 Å². The van der Waals surface area contributed by atoms with E-state index < -0.39 is 0 Å². The van der Waals surface area contributed by atoms with Crippen LogP contribution >= 0.6 is 47.0 Å². The van der Waals surface area contributed by atoms with Gasteiger partial charge in [0.2, 0.25) is 0 Å². The number of fused-ring (bicyclic) bond motifs is 2. The Morgan fingerprint density at radius 2 is 1.65 bits per heavy atom. The van der Waals surface area contributed by atoms with Crippen LogP contribution in [0.15, 0.2) is 29.5 Å². The van der Waals surface area contributed by atoms with Crippen molar-refractivity contribution in [3.05, 3.63) is 20.0 Å². The topological polar surface area (TPSA) is 40.5 Å². The van der Waals surface area contributed by atoms with Gasteiger partial charge in [0.25, 0.3) is 0 Å². The Morgan fingerprint density at radius 1 is 1.00 bits per heavy atom. The molecule has 4 rings (SSSR count). The number of hydrogen-bond acceptors (Lipinski definition) is 6. The molecule has 1 aromatic carbocycles. The van der Waals surface area contributed by atoms with E-state index >= 15 is 0 Å². The third kappa shape index (κ3) is 2.63. The summed E-state index contributed by atoms with van der Waals surface area (Å²) >= 11 is 8.65. The average Bonchev–Trinajstić information content (AvgIpc) is 3.02. The summed E-state index contributed by atoms with van der Waals surface area (Å²) in [5, 5.41) is 19.2. The van der Waals surface area contributed by atoms with Crippen LogP contribution < -0.4 is 0 Å². The van der Waals surface area contributed by atoms with Crippen molar-refractivity contribution < 1.29 is 10.2 Å². The first-order valence-corrected chi connectivity index (χ1v) is 12.8. The second-order valence-electron chi connectivity index (χ2n) is 4.04. The number of thioether (sulfide) groups is 4. The molecule has 3 heterocycles. The van der Waals surface area contributed by atoms with E-state index in [0.717, 1.165) is 9.79 Å². The molecule has 2 aliphatic heterocycles. The van der Waals surface area contributed by atoms with E-state index in [4.69, 9.17) is 0 Å². The van der Waals surface area contributed by atoms with Crippen molar-refractivity contribution in [1.29, 1.82) is 0 Å². The van der Waals surface area contributed by atoms with Crippen LogP contribution in [-0.4, -0.2) is 50.7 Å². The van der Waals surface area contributed by atoms with Gasteiger partial charge in [-0.1, -0.05) is 0 Å². The maximum absolute atomic E-state index is 9.61. The zero-order valence-electron chi connectivity index (χ0n) is 9.91. The minimum atomic E-state index is -0.0194. The molecule has 0 unspecified atom stereocenters. The van der Waals surface area contributed by atoms with Gasteiger partial charge in [-0.2, -0.15) is 0 Å². The molecule has 1 radical (unpaired) electrons. The van der Waals surface area contributed by atoms with Gasteiger partial charge in [0, 0.05) is 0 Å². The van der Waals surface area contributed by atoms with Crippen molar-refractivity contribution in [2.24, 2.45) is 0 Å². The molecule has 0 amide bonds.